The van der Waals surface area contributed by atoms with E-state index in [1.165, 1.54) is 103 Å². The Kier molecular flexibility index (Phi) is 66.4. The Hall–Kier alpha value is -5.35. The maximum atomic E-state index is 13.0. The number of allylic oxidation sites excluding steroid dienone is 28. The molecule has 9 heteroatoms. The van der Waals surface area contributed by atoms with Gasteiger partial charge < -0.3 is 28.5 Å². The molecule has 1 N–H and O–H groups in total. The lowest BCUT2D eigenvalue weighted by molar-refractivity contribution is -0.870. The Labute approximate surface area is 558 Å². The zero-order valence-electron chi connectivity index (χ0n) is 58.7. The largest absolute Gasteiger partial charge is 0.477 e. The number of quaternary nitrogens is 1. The van der Waals surface area contributed by atoms with Gasteiger partial charge in [0.05, 0.1) is 34.4 Å². The smallest absolute Gasteiger partial charge is 0.361 e. The molecule has 0 aliphatic rings. The maximum absolute atomic E-state index is 13.0. The summed E-state index contributed by atoms with van der Waals surface area (Å²) in [5.41, 5.74) is 0. The predicted molar refractivity (Wildman–Crippen MR) is 391 cm³/mol. The lowest BCUT2D eigenvalue weighted by Crippen LogP contribution is -2.40. The fraction of sp³-hybridized carbons (Fsp3) is 0.622. The third kappa shape index (κ3) is 71.9. The topological polar surface area (TPSA) is 108 Å². The van der Waals surface area contributed by atoms with Crippen molar-refractivity contribution >= 4 is 17.9 Å². The van der Waals surface area contributed by atoms with Gasteiger partial charge in [0.15, 0.2) is 6.10 Å². The summed E-state index contributed by atoms with van der Waals surface area (Å²) in [7, 11) is 5.96. The first-order valence-corrected chi connectivity index (χ1v) is 36.3. The molecule has 0 aliphatic heterocycles. The lowest BCUT2D eigenvalue weighted by Gasteiger charge is -2.25. The van der Waals surface area contributed by atoms with E-state index in [-0.39, 0.29) is 38.6 Å². The highest BCUT2D eigenvalue weighted by Crippen LogP contribution is 2.17. The highest BCUT2D eigenvalue weighted by Gasteiger charge is 2.25. The van der Waals surface area contributed by atoms with Gasteiger partial charge in [-0.3, -0.25) is 9.59 Å². The molecule has 9 nitrogen and oxygen atoms in total. The van der Waals surface area contributed by atoms with Crippen molar-refractivity contribution in [1.82, 2.24) is 0 Å². The number of esters is 2. The van der Waals surface area contributed by atoms with Gasteiger partial charge >= 0.3 is 17.9 Å². The van der Waals surface area contributed by atoms with Crippen LogP contribution in [0.5, 0.6) is 0 Å². The van der Waals surface area contributed by atoms with Crippen LogP contribution in [0, 0.1) is 0 Å². The van der Waals surface area contributed by atoms with Gasteiger partial charge in [0, 0.05) is 12.8 Å². The van der Waals surface area contributed by atoms with Gasteiger partial charge in [-0.15, -0.1) is 0 Å². The van der Waals surface area contributed by atoms with E-state index >= 15 is 0 Å². The minimum Gasteiger partial charge on any atom is -0.477 e. The van der Waals surface area contributed by atoms with E-state index in [0.29, 0.717) is 17.4 Å². The number of rotatable bonds is 65. The summed E-state index contributed by atoms with van der Waals surface area (Å²) in [4.78, 5) is 37.7. The molecule has 0 heterocycles. The Bertz CT molecular complexity index is 2100. The molecule has 0 aliphatic carbocycles. The van der Waals surface area contributed by atoms with Gasteiger partial charge in [0.1, 0.15) is 13.2 Å². The predicted octanol–water partition coefficient (Wildman–Crippen LogP) is 23.0. The number of likely N-dealkylation sites (N-methyl/N-ethyl adjacent to an activating group) is 1. The van der Waals surface area contributed by atoms with Gasteiger partial charge in [-0.05, 0) is 128 Å². The summed E-state index contributed by atoms with van der Waals surface area (Å²) in [5.74, 6) is -2.05. The number of carbonyl (C=O) groups excluding carboxylic acids is 2. The number of carboxylic acid groups (broad SMARTS) is 1. The van der Waals surface area contributed by atoms with Crippen LogP contribution in [-0.2, 0) is 33.3 Å². The van der Waals surface area contributed by atoms with Crippen molar-refractivity contribution in [2.75, 3.05) is 47.5 Å². The molecule has 0 spiro atoms. The molecule has 0 rings (SSSR count). The Balaban J connectivity index is 4.20. The zero-order valence-corrected chi connectivity index (χ0v) is 58.7. The standard InChI is InChI=1S/C82H133NO8/c1-6-8-10-12-14-16-18-20-22-24-26-28-30-32-34-36-38-39-40-41-43-45-47-49-51-53-55-57-59-61-63-65-67-69-71-73-80(85)91-78(77-90-82(81(86)87)88-75-74-83(3,4)5)76-89-79(84)72-70-68-66-64-62-60-58-56-54-52-50-48-46-44-42-37-35-33-31-29-27-25-23-21-19-17-15-13-11-9-7-2/h8-11,14-17,20-23,26-29,32,34,38-39,41,43,47,49,53,55,59,61,78,82H,6-7,12-13,18-19,24-25,30-31,33,35-37,40,42,44-46,48,50-52,54,56-58,60,62-77H2,1-5H3/p+1/b10-8-,11-9-,16-14-,17-15-,22-20-,23-21-,28-26-,29-27-,34-32-,39-38-,43-41-,49-47-,55-53-,61-59-. The number of unbranched alkanes of at least 4 members (excludes halogenated alkanes) is 22. The van der Waals surface area contributed by atoms with E-state index in [2.05, 4.69) is 184 Å². The average molecular weight is 1260 g/mol. The molecule has 0 saturated heterocycles. The van der Waals surface area contributed by atoms with Crippen LogP contribution in [-0.4, -0.2) is 87.4 Å². The Morgan fingerprint density at radius 3 is 0.879 bits per heavy atom. The Morgan fingerprint density at radius 2 is 0.593 bits per heavy atom. The second-order valence-corrected chi connectivity index (χ2v) is 24.8. The SMILES string of the molecule is CC/C=C\C/C=C\C/C=C\C/C=C\C/C=C\C/C=C\C/C=C\C/C=C\C/C=C\C/C=C\CCCCCCC(=O)OC(COC(=O)CCCCCCCCCCCCCCCCCCCC/C=C\C/C=C\C/C=C\C/C=C\CC)COC(OCC[N+](C)(C)C)C(=O)O. The first-order chi connectivity index (χ1) is 44.6. The summed E-state index contributed by atoms with van der Waals surface area (Å²) in [6.45, 7) is 4.62. The van der Waals surface area contributed by atoms with Crippen molar-refractivity contribution in [1.29, 1.82) is 0 Å². The maximum Gasteiger partial charge on any atom is 0.361 e. The van der Waals surface area contributed by atoms with E-state index in [1.807, 2.05) is 21.1 Å². The molecule has 0 amide bonds. The molecular formula is C82H134NO8+. The molecule has 0 bridgehead atoms. The first-order valence-electron chi connectivity index (χ1n) is 36.3. The molecule has 0 radical (unpaired) electrons. The molecule has 0 saturated carbocycles. The number of hydrogen-bond donors (Lipinski definition) is 1. The number of hydrogen-bond acceptors (Lipinski definition) is 7. The van der Waals surface area contributed by atoms with Crippen LogP contribution in [0.3, 0.4) is 0 Å². The Morgan fingerprint density at radius 1 is 0.330 bits per heavy atom. The van der Waals surface area contributed by atoms with Crippen molar-refractivity contribution in [2.45, 2.75) is 283 Å². The van der Waals surface area contributed by atoms with Gasteiger partial charge in [-0.25, -0.2) is 4.79 Å². The first kappa shape index (κ1) is 85.7. The third-order valence-electron chi connectivity index (χ3n) is 15.0. The summed E-state index contributed by atoms with van der Waals surface area (Å²) >= 11 is 0. The van der Waals surface area contributed by atoms with Crippen LogP contribution in [0.4, 0.5) is 0 Å². The van der Waals surface area contributed by atoms with Gasteiger partial charge in [-0.1, -0.05) is 300 Å². The minimum absolute atomic E-state index is 0.174. The number of aliphatic carboxylic acids is 1. The number of nitrogens with zero attached hydrogens (tertiary/aromatic N) is 1. The van der Waals surface area contributed by atoms with E-state index in [9.17, 15) is 19.5 Å². The number of ether oxygens (including phenoxy) is 4. The van der Waals surface area contributed by atoms with Crippen LogP contribution < -0.4 is 0 Å². The van der Waals surface area contributed by atoms with Gasteiger partial charge in [0.25, 0.3) is 6.29 Å². The van der Waals surface area contributed by atoms with Crippen LogP contribution in [0.1, 0.15) is 271 Å². The van der Waals surface area contributed by atoms with Crippen LogP contribution in [0.25, 0.3) is 0 Å². The second-order valence-electron chi connectivity index (χ2n) is 24.8. The quantitative estimate of drug-likeness (QED) is 0.0211. The van der Waals surface area contributed by atoms with Gasteiger partial charge in [0.2, 0.25) is 0 Å². The number of carbonyl (C=O) groups is 3. The molecule has 2 unspecified atom stereocenters. The van der Waals surface area contributed by atoms with Crippen molar-refractivity contribution in [2.24, 2.45) is 0 Å². The molecule has 0 aromatic carbocycles. The van der Waals surface area contributed by atoms with Crippen molar-refractivity contribution in [3.8, 4) is 0 Å². The molecule has 2 atom stereocenters. The second kappa shape index (κ2) is 70.5. The molecule has 514 valence electrons. The monoisotopic (exact) mass is 1260 g/mol. The fourth-order valence-electron chi connectivity index (χ4n) is 9.50. The molecule has 0 fully saturated rings. The van der Waals surface area contributed by atoms with Crippen molar-refractivity contribution in [3.63, 3.8) is 0 Å². The number of carboxylic acids is 1. The normalized spacial score (nSPS) is 13.7. The highest BCUT2D eigenvalue weighted by molar-refractivity contribution is 5.71. The molecule has 91 heavy (non-hydrogen) atoms. The van der Waals surface area contributed by atoms with Crippen molar-refractivity contribution < 1.29 is 42.9 Å². The summed E-state index contributed by atoms with van der Waals surface area (Å²) < 4.78 is 23.0. The van der Waals surface area contributed by atoms with E-state index < -0.39 is 24.3 Å². The lowest BCUT2D eigenvalue weighted by atomic mass is 10.0. The van der Waals surface area contributed by atoms with Crippen LogP contribution >= 0.6 is 0 Å². The average Bonchev–Trinajstić information content (AvgIpc) is 3.46. The van der Waals surface area contributed by atoms with E-state index in [0.717, 1.165) is 135 Å². The summed E-state index contributed by atoms with van der Waals surface area (Å²) in [5, 5.41) is 9.76. The third-order valence-corrected chi connectivity index (χ3v) is 15.0. The van der Waals surface area contributed by atoms with Crippen molar-refractivity contribution in [3.05, 3.63) is 170 Å². The molecule has 0 aromatic heterocycles. The van der Waals surface area contributed by atoms with Crippen LogP contribution in [0.2, 0.25) is 0 Å². The van der Waals surface area contributed by atoms with E-state index in [4.69, 9.17) is 18.9 Å². The van der Waals surface area contributed by atoms with E-state index in [1.54, 1.807) is 0 Å². The zero-order chi connectivity index (χ0) is 66.1. The molecular weight excluding hydrogens is 1130 g/mol. The van der Waals surface area contributed by atoms with Gasteiger partial charge in [-0.2, -0.15) is 0 Å². The van der Waals surface area contributed by atoms with Crippen LogP contribution in [0.15, 0.2) is 170 Å². The minimum atomic E-state index is -1.53. The highest BCUT2D eigenvalue weighted by atomic mass is 16.7. The fourth-order valence-corrected chi connectivity index (χ4v) is 9.50. The molecule has 0 aromatic rings. The summed E-state index contributed by atoms with van der Waals surface area (Å²) in [6, 6.07) is 0. The summed E-state index contributed by atoms with van der Waals surface area (Å²) in [6.07, 6.45) is 103.